The van der Waals surface area contributed by atoms with Gasteiger partial charge in [-0.2, -0.15) is 0 Å². The van der Waals surface area contributed by atoms with Crippen LogP contribution in [0.5, 0.6) is 0 Å². The van der Waals surface area contributed by atoms with Crippen molar-refractivity contribution in [3.8, 4) is 0 Å². The van der Waals surface area contributed by atoms with E-state index in [1.54, 1.807) is 0 Å². The number of benzene rings is 1. The van der Waals surface area contributed by atoms with Crippen LogP contribution >= 0.6 is 11.8 Å². The van der Waals surface area contributed by atoms with E-state index in [2.05, 4.69) is 22.8 Å². The second-order valence-electron chi connectivity index (χ2n) is 7.50. The summed E-state index contributed by atoms with van der Waals surface area (Å²) in [7, 11) is -3.47. The normalized spacial score (nSPS) is 22.0. The van der Waals surface area contributed by atoms with E-state index in [9.17, 15) is 13.2 Å². The summed E-state index contributed by atoms with van der Waals surface area (Å²) in [4.78, 5) is 14.2. The highest BCUT2D eigenvalue weighted by Gasteiger charge is 2.49. The standard InChI is InChI=1S/C19H28N2O3S2/c1-26(23,24)19(11-13-20-14-12-19)17(22)21-15-18(9-5-6-10-18)25-16-7-3-2-4-8-16/h2-4,7-8,20H,5-6,9-15H2,1H3,(H,21,22). The van der Waals surface area contributed by atoms with E-state index in [1.807, 2.05) is 30.0 Å². The second-order valence-corrected chi connectivity index (χ2v) is 11.4. The van der Waals surface area contributed by atoms with Crippen molar-refractivity contribution < 1.29 is 13.2 Å². The molecule has 1 saturated carbocycles. The van der Waals surface area contributed by atoms with Crippen molar-refractivity contribution in [2.24, 2.45) is 0 Å². The zero-order valence-electron chi connectivity index (χ0n) is 15.3. The Labute approximate surface area is 160 Å². The van der Waals surface area contributed by atoms with Gasteiger partial charge in [0.05, 0.1) is 0 Å². The highest BCUT2D eigenvalue weighted by molar-refractivity contribution is 8.00. The Bertz CT molecular complexity index is 722. The maximum atomic E-state index is 13.0. The van der Waals surface area contributed by atoms with Crippen LogP contribution < -0.4 is 10.6 Å². The Morgan fingerprint density at radius 3 is 2.31 bits per heavy atom. The third kappa shape index (κ3) is 4.10. The Balaban J connectivity index is 1.73. The third-order valence-electron chi connectivity index (χ3n) is 5.70. The summed E-state index contributed by atoms with van der Waals surface area (Å²) >= 11 is 1.82. The molecule has 0 aromatic heterocycles. The first-order valence-electron chi connectivity index (χ1n) is 9.30. The van der Waals surface area contributed by atoms with Gasteiger partial charge in [0, 0.05) is 22.4 Å². The number of hydrogen-bond donors (Lipinski definition) is 2. The Kier molecular flexibility index (Phi) is 5.99. The van der Waals surface area contributed by atoms with E-state index >= 15 is 0 Å². The molecule has 1 heterocycles. The summed E-state index contributed by atoms with van der Waals surface area (Å²) in [5, 5.41) is 6.19. The van der Waals surface area contributed by atoms with Crippen molar-refractivity contribution in [1.29, 1.82) is 0 Å². The topological polar surface area (TPSA) is 75.3 Å². The third-order valence-corrected chi connectivity index (χ3v) is 9.20. The van der Waals surface area contributed by atoms with Gasteiger partial charge in [-0.15, -0.1) is 11.8 Å². The first kappa shape index (κ1) is 19.7. The molecule has 1 saturated heterocycles. The summed E-state index contributed by atoms with van der Waals surface area (Å²) < 4.78 is 23.5. The van der Waals surface area contributed by atoms with Crippen molar-refractivity contribution in [1.82, 2.24) is 10.6 Å². The van der Waals surface area contributed by atoms with Crippen LogP contribution in [0.4, 0.5) is 0 Å². The molecule has 2 N–H and O–H groups in total. The number of hydrogen-bond acceptors (Lipinski definition) is 5. The molecule has 1 aliphatic heterocycles. The lowest BCUT2D eigenvalue weighted by Gasteiger charge is -2.36. The van der Waals surface area contributed by atoms with E-state index in [0.717, 1.165) is 25.7 Å². The van der Waals surface area contributed by atoms with Gasteiger partial charge in [0.2, 0.25) is 5.91 Å². The Morgan fingerprint density at radius 2 is 1.73 bits per heavy atom. The first-order chi connectivity index (χ1) is 12.4. The Hall–Kier alpha value is -1.05. The van der Waals surface area contributed by atoms with Gasteiger partial charge in [-0.1, -0.05) is 31.0 Å². The minimum atomic E-state index is -3.47. The van der Waals surface area contributed by atoms with Gasteiger partial charge in [-0.05, 0) is 50.9 Å². The van der Waals surface area contributed by atoms with Crippen LogP contribution in [0.15, 0.2) is 35.2 Å². The van der Waals surface area contributed by atoms with E-state index in [1.165, 1.54) is 11.2 Å². The van der Waals surface area contributed by atoms with Crippen molar-refractivity contribution >= 4 is 27.5 Å². The summed E-state index contributed by atoms with van der Waals surface area (Å²) in [6, 6.07) is 10.2. The van der Waals surface area contributed by atoms with E-state index < -0.39 is 14.6 Å². The van der Waals surface area contributed by atoms with Gasteiger partial charge in [0.25, 0.3) is 0 Å². The quantitative estimate of drug-likeness (QED) is 0.772. The molecule has 0 unspecified atom stereocenters. The summed E-state index contributed by atoms with van der Waals surface area (Å²) in [6.45, 7) is 1.64. The van der Waals surface area contributed by atoms with Crippen LogP contribution in [0.3, 0.4) is 0 Å². The molecule has 26 heavy (non-hydrogen) atoms. The molecule has 7 heteroatoms. The minimum Gasteiger partial charge on any atom is -0.353 e. The maximum Gasteiger partial charge on any atom is 0.241 e. The predicted octanol–water partition coefficient (Wildman–Crippen LogP) is 2.37. The van der Waals surface area contributed by atoms with Gasteiger partial charge >= 0.3 is 0 Å². The summed E-state index contributed by atoms with van der Waals surface area (Å²) in [6.07, 6.45) is 6.27. The van der Waals surface area contributed by atoms with Gasteiger partial charge < -0.3 is 10.6 Å². The lowest BCUT2D eigenvalue weighted by atomic mass is 9.95. The van der Waals surface area contributed by atoms with Crippen LogP contribution in [-0.4, -0.2) is 49.7 Å². The first-order valence-corrected chi connectivity index (χ1v) is 12.0. The molecule has 1 aromatic carbocycles. The zero-order chi connectivity index (χ0) is 18.7. The largest absolute Gasteiger partial charge is 0.353 e. The van der Waals surface area contributed by atoms with Crippen LogP contribution in [-0.2, 0) is 14.6 Å². The highest BCUT2D eigenvalue weighted by atomic mass is 32.2. The number of carbonyl (C=O) groups is 1. The van der Waals surface area contributed by atoms with Gasteiger partial charge in [-0.3, -0.25) is 4.79 Å². The fourth-order valence-electron chi connectivity index (χ4n) is 4.07. The molecule has 1 amide bonds. The smallest absolute Gasteiger partial charge is 0.241 e. The van der Waals surface area contributed by atoms with Crippen molar-refractivity contribution in [2.45, 2.75) is 52.9 Å². The SMILES string of the molecule is CS(=O)(=O)C1(C(=O)NCC2(Sc3ccccc3)CCCC2)CCNCC1. The zero-order valence-corrected chi connectivity index (χ0v) is 16.9. The number of carbonyl (C=O) groups excluding carboxylic acids is 1. The maximum absolute atomic E-state index is 13.0. The van der Waals surface area contributed by atoms with Gasteiger partial charge in [0.15, 0.2) is 14.6 Å². The van der Waals surface area contributed by atoms with E-state index in [-0.39, 0.29) is 10.7 Å². The summed E-state index contributed by atoms with van der Waals surface area (Å²) in [5.41, 5.74) is 0. The molecule has 2 fully saturated rings. The second kappa shape index (κ2) is 7.90. The molecule has 0 bridgehead atoms. The number of sulfone groups is 1. The summed E-state index contributed by atoms with van der Waals surface area (Å²) in [5.74, 6) is -0.318. The molecule has 3 rings (SSSR count). The molecule has 0 spiro atoms. The van der Waals surface area contributed by atoms with Crippen LogP contribution in [0.25, 0.3) is 0 Å². The number of piperidine rings is 1. The van der Waals surface area contributed by atoms with Crippen LogP contribution in [0.2, 0.25) is 0 Å². The number of rotatable bonds is 6. The molecule has 0 radical (unpaired) electrons. The van der Waals surface area contributed by atoms with E-state index in [4.69, 9.17) is 0 Å². The molecular formula is C19H28N2O3S2. The van der Waals surface area contributed by atoms with Crippen molar-refractivity contribution in [2.75, 3.05) is 25.9 Å². The number of thioether (sulfide) groups is 1. The molecule has 2 aliphatic rings. The molecule has 1 aliphatic carbocycles. The predicted molar refractivity (Wildman–Crippen MR) is 106 cm³/mol. The van der Waals surface area contributed by atoms with Crippen LogP contribution in [0.1, 0.15) is 38.5 Å². The van der Waals surface area contributed by atoms with Crippen molar-refractivity contribution in [3.05, 3.63) is 30.3 Å². The lowest BCUT2D eigenvalue weighted by Crippen LogP contribution is -2.58. The molecule has 0 atom stereocenters. The fourth-order valence-corrected chi connectivity index (χ4v) is 6.86. The Morgan fingerprint density at radius 1 is 1.12 bits per heavy atom. The average molecular weight is 397 g/mol. The molecule has 5 nitrogen and oxygen atoms in total. The van der Waals surface area contributed by atoms with Gasteiger partial charge in [-0.25, -0.2) is 8.42 Å². The average Bonchev–Trinajstić information content (AvgIpc) is 3.09. The molecule has 1 aromatic rings. The van der Waals surface area contributed by atoms with Gasteiger partial charge in [0.1, 0.15) is 0 Å². The molecular weight excluding hydrogens is 368 g/mol. The highest BCUT2D eigenvalue weighted by Crippen LogP contribution is 2.45. The van der Waals surface area contributed by atoms with E-state index in [0.29, 0.717) is 32.5 Å². The number of amides is 1. The van der Waals surface area contributed by atoms with Crippen LogP contribution in [0, 0.1) is 0 Å². The number of nitrogens with one attached hydrogen (secondary N) is 2. The lowest BCUT2D eigenvalue weighted by molar-refractivity contribution is -0.124. The van der Waals surface area contributed by atoms with Crippen molar-refractivity contribution in [3.63, 3.8) is 0 Å². The fraction of sp³-hybridized carbons (Fsp3) is 0.632. The monoisotopic (exact) mass is 396 g/mol. The minimum absolute atomic E-state index is 0.0391. The molecule has 144 valence electrons.